The lowest BCUT2D eigenvalue weighted by Crippen LogP contribution is -2.48. The van der Waals surface area contributed by atoms with E-state index in [0.29, 0.717) is 5.02 Å². The number of halogens is 1. The first-order chi connectivity index (χ1) is 13.6. The summed E-state index contributed by atoms with van der Waals surface area (Å²) in [6.45, 7) is -0.296. The van der Waals surface area contributed by atoms with Gasteiger partial charge in [-0.05, 0) is 24.3 Å². The van der Waals surface area contributed by atoms with Crippen molar-refractivity contribution < 1.29 is 27.6 Å². The second-order valence-electron chi connectivity index (χ2n) is 6.14. The van der Waals surface area contributed by atoms with Gasteiger partial charge in [-0.15, -0.1) is 0 Å². The predicted molar refractivity (Wildman–Crippen MR) is 106 cm³/mol. The number of ether oxygens (including phenoxy) is 2. The molecular weight excluding hydrogens is 426 g/mol. The standard InChI is InChI=1S/C17H16ClN3O7S/c1-27-14-6-4-11(21(23)24)8-12(14)19-17(22)16-9-20(29(2,25)26)13-7-10(18)3-5-15(13)28-16/h3-8,16H,9H2,1-2H3,(H,19,22). The van der Waals surface area contributed by atoms with Gasteiger partial charge in [0.2, 0.25) is 10.0 Å². The fourth-order valence-electron chi connectivity index (χ4n) is 2.80. The van der Waals surface area contributed by atoms with Crippen molar-refractivity contribution in [2.75, 3.05) is 29.5 Å². The number of nitro groups is 1. The number of methoxy groups -OCH3 is 1. The Morgan fingerprint density at radius 3 is 2.69 bits per heavy atom. The van der Waals surface area contributed by atoms with Crippen LogP contribution in [0.25, 0.3) is 0 Å². The predicted octanol–water partition coefficient (Wildman–Crippen LogP) is 2.42. The first-order valence-corrected chi connectivity index (χ1v) is 10.4. The van der Waals surface area contributed by atoms with Gasteiger partial charge in [0.1, 0.15) is 11.5 Å². The highest BCUT2D eigenvalue weighted by Crippen LogP contribution is 2.37. The molecule has 0 fully saturated rings. The minimum Gasteiger partial charge on any atom is -0.495 e. The lowest BCUT2D eigenvalue weighted by Gasteiger charge is -2.34. The topological polar surface area (TPSA) is 128 Å². The number of fused-ring (bicyclic) bond motifs is 1. The monoisotopic (exact) mass is 441 g/mol. The second kappa shape index (κ2) is 7.76. The summed E-state index contributed by atoms with van der Waals surface area (Å²) in [5.41, 5.74) is 0.0310. The Labute approximate surface area is 171 Å². The maximum atomic E-state index is 12.8. The lowest BCUT2D eigenvalue weighted by atomic mass is 10.2. The number of hydrogen-bond donors (Lipinski definition) is 1. The number of carbonyl (C=O) groups excluding carboxylic acids is 1. The second-order valence-corrected chi connectivity index (χ2v) is 8.49. The van der Waals surface area contributed by atoms with Crippen molar-refractivity contribution in [3.63, 3.8) is 0 Å². The molecule has 1 unspecified atom stereocenters. The number of nitrogens with one attached hydrogen (secondary N) is 1. The molecular formula is C17H16ClN3O7S. The fourth-order valence-corrected chi connectivity index (χ4v) is 3.87. The lowest BCUT2D eigenvalue weighted by molar-refractivity contribution is -0.384. The molecule has 12 heteroatoms. The number of non-ortho nitro benzene ring substituents is 1. The van der Waals surface area contributed by atoms with Crippen LogP contribution in [0, 0.1) is 10.1 Å². The summed E-state index contributed by atoms with van der Waals surface area (Å²) in [7, 11) is -2.38. The molecule has 0 aromatic heterocycles. The molecule has 0 saturated heterocycles. The molecule has 154 valence electrons. The van der Waals surface area contributed by atoms with Crippen LogP contribution in [-0.2, 0) is 14.8 Å². The number of sulfonamides is 1. The van der Waals surface area contributed by atoms with E-state index in [-0.39, 0.29) is 35.1 Å². The molecule has 1 amide bonds. The van der Waals surface area contributed by atoms with Crippen LogP contribution in [0.2, 0.25) is 5.02 Å². The molecule has 2 aromatic carbocycles. The summed E-state index contributed by atoms with van der Waals surface area (Å²) in [6.07, 6.45) is -0.205. The van der Waals surface area contributed by atoms with Crippen LogP contribution in [-0.4, -0.2) is 45.3 Å². The van der Waals surface area contributed by atoms with Crippen LogP contribution in [0.1, 0.15) is 0 Å². The quantitative estimate of drug-likeness (QED) is 0.557. The average molecular weight is 442 g/mol. The number of amides is 1. The maximum absolute atomic E-state index is 12.8. The molecule has 0 aliphatic carbocycles. The van der Waals surface area contributed by atoms with E-state index in [1.165, 1.54) is 37.4 Å². The highest BCUT2D eigenvalue weighted by molar-refractivity contribution is 7.92. The Balaban J connectivity index is 1.92. The summed E-state index contributed by atoms with van der Waals surface area (Å²) in [6, 6.07) is 8.11. The van der Waals surface area contributed by atoms with Crippen LogP contribution >= 0.6 is 11.6 Å². The summed E-state index contributed by atoms with van der Waals surface area (Å²) in [4.78, 5) is 23.1. The van der Waals surface area contributed by atoms with E-state index >= 15 is 0 Å². The number of anilines is 2. The molecule has 1 aliphatic heterocycles. The zero-order chi connectivity index (χ0) is 21.3. The smallest absolute Gasteiger partial charge is 0.271 e. The number of carbonyl (C=O) groups is 1. The Hall–Kier alpha value is -3.05. The SMILES string of the molecule is COc1ccc([N+](=O)[O-])cc1NC(=O)C1CN(S(C)(=O)=O)c2cc(Cl)ccc2O1. The van der Waals surface area contributed by atoms with Crippen molar-refractivity contribution in [1.82, 2.24) is 0 Å². The Bertz CT molecular complexity index is 1090. The van der Waals surface area contributed by atoms with E-state index in [0.717, 1.165) is 16.6 Å². The first kappa shape index (κ1) is 20.7. The molecule has 10 nitrogen and oxygen atoms in total. The fraction of sp³-hybridized carbons (Fsp3) is 0.235. The van der Waals surface area contributed by atoms with Crippen molar-refractivity contribution in [3.05, 3.63) is 51.5 Å². The van der Waals surface area contributed by atoms with Gasteiger partial charge in [0.05, 0.1) is 36.2 Å². The van der Waals surface area contributed by atoms with E-state index in [1.807, 2.05) is 0 Å². The van der Waals surface area contributed by atoms with Crippen molar-refractivity contribution >= 4 is 44.6 Å². The van der Waals surface area contributed by atoms with E-state index in [2.05, 4.69) is 5.32 Å². The third kappa shape index (κ3) is 4.35. The van der Waals surface area contributed by atoms with Crippen molar-refractivity contribution in [3.8, 4) is 11.5 Å². The number of rotatable bonds is 5. The van der Waals surface area contributed by atoms with Crippen LogP contribution in [0.5, 0.6) is 11.5 Å². The number of nitro benzene ring substituents is 1. The zero-order valence-electron chi connectivity index (χ0n) is 15.3. The van der Waals surface area contributed by atoms with E-state index in [4.69, 9.17) is 21.1 Å². The average Bonchev–Trinajstić information content (AvgIpc) is 2.66. The third-order valence-electron chi connectivity index (χ3n) is 4.14. The third-order valence-corrected chi connectivity index (χ3v) is 5.52. The van der Waals surface area contributed by atoms with Gasteiger partial charge in [-0.25, -0.2) is 8.42 Å². The number of nitrogens with zero attached hydrogens (tertiary/aromatic N) is 2. The zero-order valence-corrected chi connectivity index (χ0v) is 16.9. The van der Waals surface area contributed by atoms with Gasteiger partial charge in [0, 0.05) is 17.2 Å². The van der Waals surface area contributed by atoms with Gasteiger partial charge in [0.15, 0.2) is 6.10 Å². The van der Waals surface area contributed by atoms with Crippen molar-refractivity contribution in [2.45, 2.75) is 6.10 Å². The highest BCUT2D eigenvalue weighted by atomic mass is 35.5. The first-order valence-electron chi connectivity index (χ1n) is 8.17. The highest BCUT2D eigenvalue weighted by Gasteiger charge is 2.35. The van der Waals surface area contributed by atoms with Crippen molar-refractivity contribution in [2.24, 2.45) is 0 Å². The van der Waals surface area contributed by atoms with Gasteiger partial charge in [-0.1, -0.05) is 11.6 Å². The van der Waals surface area contributed by atoms with Crippen LogP contribution in [0.15, 0.2) is 36.4 Å². The minimum atomic E-state index is -3.73. The number of hydrogen-bond acceptors (Lipinski definition) is 7. The van der Waals surface area contributed by atoms with Crippen molar-refractivity contribution in [1.29, 1.82) is 0 Å². The molecule has 1 N–H and O–H groups in total. The Morgan fingerprint density at radius 1 is 1.34 bits per heavy atom. The van der Waals surface area contributed by atoms with Crippen LogP contribution in [0.3, 0.4) is 0 Å². The van der Waals surface area contributed by atoms with Gasteiger partial charge < -0.3 is 14.8 Å². The van der Waals surface area contributed by atoms with Gasteiger partial charge >= 0.3 is 0 Å². The maximum Gasteiger partial charge on any atom is 0.271 e. The summed E-state index contributed by atoms with van der Waals surface area (Å²) in [5, 5.41) is 13.8. The van der Waals surface area contributed by atoms with Gasteiger partial charge in [0.25, 0.3) is 11.6 Å². The van der Waals surface area contributed by atoms with E-state index in [1.54, 1.807) is 0 Å². The number of benzene rings is 2. The summed E-state index contributed by atoms with van der Waals surface area (Å²) >= 11 is 5.95. The molecule has 1 aliphatic rings. The van der Waals surface area contributed by atoms with E-state index in [9.17, 15) is 23.3 Å². The Kier molecular flexibility index (Phi) is 5.53. The molecule has 0 spiro atoms. The van der Waals surface area contributed by atoms with Gasteiger partial charge in [-0.2, -0.15) is 0 Å². The molecule has 3 rings (SSSR count). The van der Waals surface area contributed by atoms with Crippen LogP contribution < -0.4 is 19.1 Å². The molecule has 29 heavy (non-hydrogen) atoms. The van der Waals surface area contributed by atoms with Gasteiger partial charge in [-0.3, -0.25) is 19.2 Å². The molecule has 1 atom stereocenters. The molecule has 0 radical (unpaired) electrons. The molecule has 2 aromatic rings. The summed E-state index contributed by atoms with van der Waals surface area (Å²) in [5.74, 6) is -0.331. The minimum absolute atomic E-state index is 0.0584. The van der Waals surface area contributed by atoms with Crippen LogP contribution in [0.4, 0.5) is 17.1 Å². The Morgan fingerprint density at radius 2 is 2.07 bits per heavy atom. The summed E-state index contributed by atoms with van der Waals surface area (Å²) < 4.78 is 36.2. The molecule has 0 saturated carbocycles. The van der Waals surface area contributed by atoms with E-state index < -0.39 is 27.0 Å². The molecule has 1 heterocycles. The molecule has 0 bridgehead atoms. The largest absolute Gasteiger partial charge is 0.495 e. The normalized spacial score (nSPS) is 15.8.